The van der Waals surface area contributed by atoms with E-state index in [0.29, 0.717) is 18.1 Å². The van der Waals surface area contributed by atoms with Gasteiger partial charge in [-0.2, -0.15) is 0 Å². The Morgan fingerprint density at radius 1 is 1.20 bits per heavy atom. The number of amides is 1. The summed E-state index contributed by atoms with van der Waals surface area (Å²) in [6.45, 7) is 4.77. The van der Waals surface area contributed by atoms with Crippen molar-refractivity contribution >= 4 is 27.9 Å². The van der Waals surface area contributed by atoms with Crippen molar-refractivity contribution in [2.24, 2.45) is 0 Å². The van der Waals surface area contributed by atoms with E-state index in [0.717, 1.165) is 13.1 Å². The van der Waals surface area contributed by atoms with Gasteiger partial charge in [-0.1, -0.05) is 12.1 Å². The third-order valence-corrected chi connectivity index (χ3v) is 5.28. The van der Waals surface area contributed by atoms with Gasteiger partial charge >= 0.3 is 0 Å². The lowest BCUT2D eigenvalue weighted by molar-refractivity contribution is 0.0744. The highest BCUT2D eigenvalue weighted by Gasteiger charge is 2.25. The molecule has 3 aromatic rings. The molecule has 0 aliphatic carbocycles. The van der Waals surface area contributed by atoms with Crippen molar-refractivity contribution in [1.82, 2.24) is 14.3 Å². The number of hydrogen-bond donors (Lipinski definition) is 0. The van der Waals surface area contributed by atoms with Crippen molar-refractivity contribution in [3.05, 3.63) is 63.5 Å². The number of nitrogens with zero attached hydrogens (tertiary/aromatic N) is 4. The number of benzene rings is 1. The molecule has 128 valence electrons. The molecule has 25 heavy (non-hydrogen) atoms. The van der Waals surface area contributed by atoms with E-state index in [1.54, 1.807) is 16.5 Å². The molecule has 3 heterocycles. The Bertz CT molecular complexity index is 986. The summed E-state index contributed by atoms with van der Waals surface area (Å²) in [5, 5.41) is 1.79. The molecule has 6 nitrogen and oxygen atoms in total. The van der Waals surface area contributed by atoms with Gasteiger partial charge in [-0.3, -0.25) is 14.0 Å². The Kier molecular flexibility index (Phi) is 4.01. The standard InChI is InChI=1S/C18H18N4O2S/c1-13-3-2-4-14(11-13)20-5-7-21(8-6-20)16(23)15-12-19-18-22(17(15)24)9-10-25-18/h2-4,9-12H,5-8H2,1H3. The van der Waals surface area contributed by atoms with Gasteiger partial charge in [-0.25, -0.2) is 4.98 Å². The molecule has 1 saturated heterocycles. The SMILES string of the molecule is Cc1cccc(N2CCN(C(=O)c3cnc4sccn4c3=O)CC2)c1. The van der Waals surface area contributed by atoms with E-state index in [-0.39, 0.29) is 17.0 Å². The van der Waals surface area contributed by atoms with Crippen LogP contribution in [0, 0.1) is 6.92 Å². The van der Waals surface area contributed by atoms with Crippen LogP contribution >= 0.6 is 11.3 Å². The first-order valence-corrected chi connectivity index (χ1v) is 9.07. The molecule has 2 aromatic heterocycles. The second kappa shape index (κ2) is 6.33. The van der Waals surface area contributed by atoms with Crippen LogP contribution in [0.2, 0.25) is 0 Å². The van der Waals surface area contributed by atoms with Crippen LogP contribution in [0.25, 0.3) is 4.96 Å². The molecule has 1 amide bonds. The summed E-state index contributed by atoms with van der Waals surface area (Å²) in [6, 6.07) is 8.36. The van der Waals surface area contributed by atoms with Gasteiger partial charge in [0.05, 0.1) is 0 Å². The summed E-state index contributed by atoms with van der Waals surface area (Å²) in [6.07, 6.45) is 3.06. The number of carbonyl (C=O) groups excluding carboxylic acids is 1. The zero-order valence-electron chi connectivity index (χ0n) is 13.9. The summed E-state index contributed by atoms with van der Waals surface area (Å²) in [5.74, 6) is -0.234. The zero-order chi connectivity index (χ0) is 17.4. The maximum atomic E-state index is 12.7. The summed E-state index contributed by atoms with van der Waals surface area (Å²) in [4.78, 5) is 34.0. The minimum Gasteiger partial charge on any atom is -0.368 e. The molecule has 0 unspecified atom stereocenters. The first kappa shape index (κ1) is 15.8. The number of rotatable bonds is 2. The van der Waals surface area contributed by atoms with E-state index < -0.39 is 0 Å². The van der Waals surface area contributed by atoms with Gasteiger partial charge in [0, 0.05) is 49.6 Å². The molecule has 0 N–H and O–H groups in total. The molecule has 0 bridgehead atoms. The van der Waals surface area contributed by atoms with Gasteiger partial charge in [0.15, 0.2) is 4.96 Å². The maximum absolute atomic E-state index is 12.7. The molecule has 0 spiro atoms. The zero-order valence-corrected chi connectivity index (χ0v) is 14.7. The highest BCUT2D eigenvalue weighted by molar-refractivity contribution is 7.15. The highest BCUT2D eigenvalue weighted by Crippen LogP contribution is 2.18. The van der Waals surface area contributed by atoms with Crippen LogP contribution in [0.5, 0.6) is 0 Å². The fourth-order valence-electron chi connectivity index (χ4n) is 3.13. The quantitative estimate of drug-likeness (QED) is 0.707. The van der Waals surface area contributed by atoms with Crippen LogP contribution in [-0.4, -0.2) is 46.4 Å². The van der Waals surface area contributed by atoms with E-state index in [9.17, 15) is 9.59 Å². The third kappa shape index (κ3) is 2.91. The van der Waals surface area contributed by atoms with Gasteiger partial charge in [0.2, 0.25) is 0 Å². The van der Waals surface area contributed by atoms with Crippen molar-refractivity contribution in [2.45, 2.75) is 6.92 Å². The van der Waals surface area contributed by atoms with E-state index in [1.807, 2.05) is 6.07 Å². The molecule has 4 rings (SSSR count). The summed E-state index contributed by atoms with van der Waals surface area (Å²) in [7, 11) is 0. The molecule has 0 atom stereocenters. The molecule has 1 aliphatic heterocycles. The normalized spacial score (nSPS) is 14.9. The lowest BCUT2D eigenvalue weighted by Crippen LogP contribution is -2.49. The predicted molar refractivity (Wildman–Crippen MR) is 98.6 cm³/mol. The second-order valence-corrected chi connectivity index (χ2v) is 7.02. The first-order valence-electron chi connectivity index (χ1n) is 8.19. The Morgan fingerprint density at radius 2 is 2.00 bits per heavy atom. The average Bonchev–Trinajstić information content (AvgIpc) is 3.11. The fourth-order valence-corrected chi connectivity index (χ4v) is 3.81. The van der Waals surface area contributed by atoms with Gasteiger partial charge in [0.1, 0.15) is 5.56 Å². The topological polar surface area (TPSA) is 57.9 Å². The lowest BCUT2D eigenvalue weighted by atomic mass is 10.2. The molecule has 0 saturated carbocycles. The maximum Gasteiger partial charge on any atom is 0.271 e. The highest BCUT2D eigenvalue weighted by atomic mass is 32.1. The Balaban J connectivity index is 1.51. The smallest absolute Gasteiger partial charge is 0.271 e. The number of anilines is 1. The number of fused-ring (bicyclic) bond motifs is 1. The molecule has 7 heteroatoms. The van der Waals surface area contributed by atoms with Crippen molar-refractivity contribution in [3.63, 3.8) is 0 Å². The van der Waals surface area contributed by atoms with Crippen molar-refractivity contribution in [1.29, 1.82) is 0 Å². The molecule has 0 radical (unpaired) electrons. The lowest BCUT2D eigenvalue weighted by Gasteiger charge is -2.36. The number of carbonyl (C=O) groups is 1. The second-order valence-electron chi connectivity index (χ2n) is 6.15. The number of piperazine rings is 1. The van der Waals surface area contributed by atoms with Gasteiger partial charge in [-0.05, 0) is 24.6 Å². The Morgan fingerprint density at radius 3 is 2.76 bits per heavy atom. The van der Waals surface area contributed by atoms with Crippen LogP contribution in [0.1, 0.15) is 15.9 Å². The number of aryl methyl sites for hydroxylation is 1. The molecular weight excluding hydrogens is 336 g/mol. The minimum atomic E-state index is -0.294. The van der Waals surface area contributed by atoms with E-state index in [1.165, 1.54) is 33.2 Å². The van der Waals surface area contributed by atoms with E-state index in [2.05, 4.69) is 35.0 Å². The number of aromatic nitrogens is 2. The number of hydrogen-bond acceptors (Lipinski definition) is 5. The Labute approximate surface area is 149 Å². The van der Waals surface area contributed by atoms with Crippen molar-refractivity contribution < 1.29 is 4.79 Å². The third-order valence-electron chi connectivity index (χ3n) is 4.51. The fraction of sp³-hybridized carbons (Fsp3) is 0.278. The monoisotopic (exact) mass is 354 g/mol. The molecule has 1 aliphatic rings. The molecule has 1 fully saturated rings. The van der Waals surface area contributed by atoms with E-state index >= 15 is 0 Å². The molecular formula is C18H18N4O2S. The predicted octanol–water partition coefficient (Wildman–Crippen LogP) is 2.03. The summed E-state index contributed by atoms with van der Waals surface area (Å²) in [5.41, 5.74) is 2.24. The van der Waals surface area contributed by atoms with Crippen LogP contribution in [-0.2, 0) is 0 Å². The van der Waals surface area contributed by atoms with Gasteiger partial charge in [-0.15, -0.1) is 11.3 Å². The Hall–Kier alpha value is -2.67. The summed E-state index contributed by atoms with van der Waals surface area (Å²) >= 11 is 1.38. The van der Waals surface area contributed by atoms with Crippen molar-refractivity contribution in [2.75, 3.05) is 31.1 Å². The van der Waals surface area contributed by atoms with Crippen LogP contribution < -0.4 is 10.5 Å². The first-order chi connectivity index (χ1) is 12.1. The number of thiazole rings is 1. The van der Waals surface area contributed by atoms with Crippen LogP contribution in [0.15, 0.2) is 46.8 Å². The van der Waals surface area contributed by atoms with E-state index in [4.69, 9.17) is 0 Å². The summed E-state index contributed by atoms with van der Waals surface area (Å²) < 4.78 is 1.43. The van der Waals surface area contributed by atoms with Crippen molar-refractivity contribution in [3.8, 4) is 0 Å². The minimum absolute atomic E-state index is 0.139. The van der Waals surface area contributed by atoms with Gasteiger partial charge < -0.3 is 9.80 Å². The van der Waals surface area contributed by atoms with Gasteiger partial charge in [0.25, 0.3) is 11.5 Å². The largest absolute Gasteiger partial charge is 0.368 e. The molecule has 1 aromatic carbocycles. The van der Waals surface area contributed by atoms with Crippen LogP contribution in [0.3, 0.4) is 0 Å². The average molecular weight is 354 g/mol. The van der Waals surface area contributed by atoms with Crippen LogP contribution in [0.4, 0.5) is 5.69 Å².